The maximum atomic E-state index is 6.67. The van der Waals surface area contributed by atoms with Crippen molar-refractivity contribution in [1.29, 1.82) is 0 Å². The van der Waals surface area contributed by atoms with Gasteiger partial charge < -0.3 is 13.7 Å². The van der Waals surface area contributed by atoms with E-state index >= 15 is 0 Å². The lowest BCUT2D eigenvalue weighted by molar-refractivity contribution is 0.669. The average Bonchev–Trinajstić information content (AvgIpc) is 3.95. The second-order valence-corrected chi connectivity index (χ2v) is 14.5. The predicted molar refractivity (Wildman–Crippen MR) is 225 cm³/mol. The first-order valence-corrected chi connectivity index (χ1v) is 18.8. The first-order valence-electron chi connectivity index (χ1n) is 18.0. The Bertz CT molecular complexity index is 3160. The third-order valence-corrected chi connectivity index (χ3v) is 11.4. The molecule has 0 aliphatic carbocycles. The molecule has 254 valence electrons. The van der Waals surface area contributed by atoms with Crippen LogP contribution >= 0.6 is 11.3 Å². The van der Waals surface area contributed by atoms with Gasteiger partial charge in [-0.15, -0.1) is 11.3 Å². The Labute approximate surface area is 314 Å². The molecule has 3 heterocycles. The molecule has 5 heteroatoms. The van der Waals surface area contributed by atoms with Crippen LogP contribution in [0.4, 0.5) is 17.1 Å². The number of para-hydroxylation sites is 1. The van der Waals surface area contributed by atoms with E-state index in [1.807, 2.05) is 18.2 Å². The van der Waals surface area contributed by atoms with Crippen LogP contribution in [-0.4, -0.2) is 4.98 Å². The maximum absolute atomic E-state index is 6.67. The van der Waals surface area contributed by atoms with Gasteiger partial charge in [-0.2, -0.15) is 0 Å². The number of nitrogens with zero attached hydrogens (tertiary/aromatic N) is 2. The van der Waals surface area contributed by atoms with Crippen molar-refractivity contribution in [2.75, 3.05) is 4.90 Å². The molecule has 0 saturated heterocycles. The topological polar surface area (TPSA) is 42.4 Å². The Balaban J connectivity index is 1.15. The first-order chi connectivity index (χ1) is 26.8. The fourth-order valence-electron chi connectivity index (χ4n) is 7.85. The number of aromatic nitrogens is 1. The molecule has 3 aromatic heterocycles. The molecule has 0 aliphatic rings. The summed E-state index contributed by atoms with van der Waals surface area (Å²) >= 11 is 1.71. The Morgan fingerprint density at radius 1 is 0.426 bits per heavy atom. The number of anilines is 3. The molecule has 0 unspecified atom stereocenters. The van der Waals surface area contributed by atoms with Crippen molar-refractivity contribution in [2.45, 2.75) is 0 Å². The van der Waals surface area contributed by atoms with Gasteiger partial charge in [-0.3, -0.25) is 0 Å². The van der Waals surface area contributed by atoms with Gasteiger partial charge >= 0.3 is 0 Å². The van der Waals surface area contributed by atoms with Gasteiger partial charge in [0.05, 0.1) is 26.7 Å². The lowest BCUT2D eigenvalue weighted by atomic mass is 9.93. The highest BCUT2D eigenvalue weighted by atomic mass is 32.1. The SMILES string of the molecule is c1ccc(-c2nc3c(ccc4oc5cc(N(c6ccc(-c7ccccc7)c(-c7ccccc7)c6)c6cccc7oc8ccccc8c67)ccc5c43)s2)cc1. The first kappa shape index (κ1) is 30.7. The Kier molecular flexibility index (Phi) is 7.00. The number of benzene rings is 8. The van der Waals surface area contributed by atoms with Gasteiger partial charge in [-0.05, 0) is 76.9 Å². The number of furan rings is 2. The molecule has 0 fully saturated rings. The van der Waals surface area contributed by atoms with E-state index in [-0.39, 0.29) is 0 Å². The lowest BCUT2D eigenvalue weighted by Crippen LogP contribution is -2.10. The molecule has 0 bridgehead atoms. The zero-order valence-electron chi connectivity index (χ0n) is 28.9. The molecule has 54 heavy (non-hydrogen) atoms. The second-order valence-electron chi connectivity index (χ2n) is 13.5. The predicted octanol–water partition coefficient (Wildman–Crippen LogP) is 14.6. The molecule has 0 aliphatic heterocycles. The van der Waals surface area contributed by atoms with E-state index < -0.39 is 0 Å². The van der Waals surface area contributed by atoms with Gasteiger partial charge in [0.25, 0.3) is 0 Å². The van der Waals surface area contributed by atoms with E-state index in [0.717, 1.165) is 92.9 Å². The van der Waals surface area contributed by atoms with Crippen LogP contribution in [0.5, 0.6) is 0 Å². The van der Waals surface area contributed by atoms with E-state index in [2.05, 4.69) is 169 Å². The van der Waals surface area contributed by atoms with Crippen molar-refractivity contribution >= 4 is 82.5 Å². The normalized spacial score (nSPS) is 11.7. The molecule has 0 spiro atoms. The van der Waals surface area contributed by atoms with Crippen molar-refractivity contribution in [2.24, 2.45) is 0 Å². The van der Waals surface area contributed by atoms with Crippen LogP contribution in [0.25, 0.3) is 86.9 Å². The minimum absolute atomic E-state index is 0.808. The minimum atomic E-state index is 0.808. The van der Waals surface area contributed by atoms with Crippen LogP contribution in [0.3, 0.4) is 0 Å². The molecule has 0 saturated carbocycles. The number of rotatable bonds is 6. The molecule has 8 aromatic carbocycles. The molecule has 11 rings (SSSR count). The van der Waals surface area contributed by atoms with Gasteiger partial charge in [-0.1, -0.05) is 121 Å². The monoisotopic (exact) mass is 710 g/mol. The molecule has 11 aromatic rings. The van der Waals surface area contributed by atoms with Crippen molar-refractivity contribution in [3.05, 3.63) is 182 Å². The second kappa shape index (κ2) is 12.3. The van der Waals surface area contributed by atoms with Crippen LogP contribution in [0.15, 0.2) is 191 Å². The summed E-state index contributed by atoms with van der Waals surface area (Å²) in [6.07, 6.45) is 0. The number of hydrogen-bond acceptors (Lipinski definition) is 5. The summed E-state index contributed by atoms with van der Waals surface area (Å²) in [5.74, 6) is 0. The van der Waals surface area contributed by atoms with Crippen LogP contribution in [0.1, 0.15) is 0 Å². The highest BCUT2D eigenvalue weighted by molar-refractivity contribution is 7.21. The summed E-state index contributed by atoms with van der Waals surface area (Å²) in [5.41, 5.74) is 13.1. The Morgan fingerprint density at radius 2 is 1.04 bits per heavy atom. The van der Waals surface area contributed by atoms with Crippen molar-refractivity contribution < 1.29 is 8.83 Å². The number of thiazole rings is 1. The zero-order chi connectivity index (χ0) is 35.6. The fourth-order valence-corrected chi connectivity index (χ4v) is 8.83. The highest BCUT2D eigenvalue weighted by Gasteiger charge is 2.23. The van der Waals surface area contributed by atoms with Gasteiger partial charge in [0.15, 0.2) is 0 Å². The molecule has 4 nitrogen and oxygen atoms in total. The van der Waals surface area contributed by atoms with E-state index in [0.29, 0.717) is 0 Å². The van der Waals surface area contributed by atoms with Gasteiger partial charge in [-0.25, -0.2) is 4.98 Å². The Hall–Kier alpha value is -6.95. The molecular weight excluding hydrogens is 681 g/mol. The Morgan fingerprint density at radius 3 is 1.83 bits per heavy atom. The van der Waals surface area contributed by atoms with Crippen molar-refractivity contribution in [1.82, 2.24) is 4.98 Å². The summed E-state index contributed by atoms with van der Waals surface area (Å²) in [5, 5.41) is 5.22. The standard InChI is InChI=1S/C49H30N2O2S/c1-4-13-31(14-5-1)36-25-23-34(29-39(36)32-15-6-2-7-16-32)51(40-20-12-22-42-46(40)37-19-10-11-21-41(37)52-42)35-24-26-38-44(30-35)53-43-27-28-45-48(47(38)43)50-49(54-45)33-17-8-3-9-18-33/h1-30H. The number of fused-ring (bicyclic) bond motifs is 8. The van der Waals surface area contributed by atoms with Crippen molar-refractivity contribution in [3.63, 3.8) is 0 Å². The smallest absolute Gasteiger partial charge is 0.137 e. The van der Waals surface area contributed by atoms with Crippen LogP contribution < -0.4 is 4.90 Å². The lowest BCUT2D eigenvalue weighted by Gasteiger charge is -2.27. The molecule has 0 N–H and O–H groups in total. The molecule has 0 amide bonds. The van der Waals surface area contributed by atoms with Crippen molar-refractivity contribution in [3.8, 4) is 32.8 Å². The summed E-state index contributed by atoms with van der Waals surface area (Å²) in [6, 6.07) is 63.8. The van der Waals surface area contributed by atoms with Crippen LogP contribution in [-0.2, 0) is 0 Å². The van der Waals surface area contributed by atoms with Gasteiger partial charge in [0, 0.05) is 33.8 Å². The summed E-state index contributed by atoms with van der Waals surface area (Å²) < 4.78 is 14.2. The fraction of sp³-hybridized carbons (Fsp3) is 0. The number of hydrogen-bond donors (Lipinski definition) is 0. The quantitative estimate of drug-likeness (QED) is 0.172. The average molecular weight is 711 g/mol. The molecule has 0 atom stereocenters. The zero-order valence-corrected chi connectivity index (χ0v) is 29.8. The van der Waals surface area contributed by atoms with Gasteiger partial charge in [0.1, 0.15) is 27.3 Å². The minimum Gasteiger partial charge on any atom is -0.456 e. The molecular formula is C49H30N2O2S. The third-order valence-electron chi connectivity index (χ3n) is 10.3. The molecule has 0 radical (unpaired) electrons. The van der Waals surface area contributed by atoms with Gasteiger partial charge in [0.2, 0.25) is 0 Å². The van der Waals surface area contributed by atoms with E-state index in [4.69, 9.17) is 13.8 Å². The summed E-state index contributed by atoms with van der Waals surface area (Å²) in [7, 11) is 0. The highest BCUT2D eigenvalue weighted by Crippen LogP contribution is 2.47. The maximum Gasteiger partial charge on any atom is 0.137 e. The summed E-state index contributed by atoms with van der Waals surface area (Å²) in [6.45, 7) is 0. The summed E-state index contributed by atoms with van der Waals surface area (Å²) in [4.78, 5) is 7.49. The van der Waals surface area contributed by atoms with E-state index in [1.165, 1.54) is 11.1 Å². The third kappa shape index (κ3) is 4.94. The van der Waals surface area contributed by atoms with E-state index in [1.54, 1.807) is 11.3 Å². The van der Waals surface area contributed by atoms with E-state index in [9.17, 15) is 0 Å². The van der Waals surface area contributed by atoms with Crippen LogP contribution in [0.2, 0.25) is 0 Å². The largest absolute Gasteiger partial charge is 0.456 e. The van der Waals surface area contributed by atoms with Crippen LogP contribution in [0, 0.1) is 0 Å².